The molecule has 1 aliphatic carbocycles. The molecule has 0 bridgehead atoms. The Morgan fingerprint density at radius 1 is 1.42 bits per heavy atom. The predicted octanol–water partition coefficient (Wildman–Crippen LogP) is 1.24. The molecule has 106 valence electrons. The first-order valence-corrected chi connectivity index (χ1v) is 6.78. The first-order valence-electron chi connectivity index (χ1n) is 6.78. The molecule has 6 nitrogen and oxygen atoms in total. The zero-order valence-electron chi connectivity index (χ0n) is 11.5. The fourth-order valence-corrected chi connectivity index (χ4v) is 1.83. The molecule has 1 heterocycles. The average Bonchev–Trinajstić information content (AvgIpc) is 3.26. The van der Waals surface area contributed by atoms with Gasteiger partial charge in [-0.15, -0.1) is 0 Å². The largest absolute Gasteiger partial charge is 0.391 e. The third kappa shape index (κ3) is 4.33. The number of hydrogen-bond acceptors (Lipinski definition) is 6. The van der Waals surface area contributed by atoms with E-state index >= 15 is 0 Å². The molecular weight excluding hydrogens is 244 g/mol. The first-order chi connectivity index (χ1) is 9.22. The molecule has 1 atom stereocenters. The van der Waals surface area contributed by atoms with E-state index in [0.717, 1.165) is 18.7 Å². The van der Waals surface area contributed by atoms with Gasteiger partial charge in [0.25, 0.3) is 0 Å². The number of aliphatic hydroxyl groups excluding tert-OH is 1. The van der Waals surface area contributed by atoms with E-state index in [1.165, 1.54) is 0 Å². The topological polar surface area (TPSA) is 79.3 Å². The van der Waals surface area contributed by atoms with E-state index in [1.807, 2.05) is 20.0 Å². The van der Waals surface area contributed by atoms with Crippen LogP contribution in [0.5, 0.6) is 0 Å². The molecule has 1 fully saturated rings. The van der Waals surface area contributed by atoms with Gasteiger partial charge in [-0.1, -0.05) is 0 Å². The highest BCUT2D eigenvalue weighted by molar-refractivity contribution is 5.47. The maximum atomic E-state index is 9.84. The summed E-state index contributed by atoms with van der Waals surface area (Å²) in [5.74, 6) is 2.56. The molecule has 2 rings (SSSR count). The maximum absolute atomic E-state index is 9.84. The lowest BCUT2D eigenvalue weighted by Crippen LogP contribution is -2.22. The molecule has 3 N–H and O–H groups in total. The fourth-order valence-electron chi connectivity index (χ4n) is 1.83. The Morgan fingerprint density at radius 3 is 2.79 bits per heavy atom. The van der Waals surface area contributed by atoms with Crippen molar-refractivity contribution in [3.63, 3.8) is 0 Å². The third-order valence-corrected chi connectivity index (χ3v) is 3.12. The summed E-state index contributed by atoms with van der Waals surface area (Å²) in [5, 5.41) is 16.0. The number of nitrogens with one attached hydrogen (secondary N) is 2. The number of aliphatic hydroxyl groups is 1. The zero-order chi connectivity index (χ0) is 13.7. The number of ether oxygens (including phenoxy) is 1. The van der Waals surface area contributed by atoms with Crippen LogP contribution in [0.25, 0.3) is 0 Å². The Kier molecular flexibility index (Phi) is 4.93. The lowest BCUT2D eigenvalue weighted by molar-refractivity contribution is 0.128. The van der Waals surface area contributed by atoms with Gasteiger partial charge in [-0.25, -0.2) is 9.97 Å². The lowest BCUT2D eigenvalue weighted by Gasteiger charge is -2.13. The van der Waals surface area contributed by atoms with E-state index < -0.39 is 0 Å². The van der Waals surface area contributed by atoms with Gasteiger partial charge in [0.2, 0.25) is 0 Å². The summed E-state index contributed by atoms with van der Waals surface area (Å²) in [5.41, 5.74) is 0. The first kappa shape index (κ1) is 14.0. The second-order valence-corrected chi connectivity index (χ2v) is 4.73. The van der Waals surface area contributed by atoms with Crippen molar-refractivity contribution >= 4 is 11.6 Å². The molecule has 0 saturated heterocycles. The van der Waals surface area contributed by atoms with E-state index in [0.29, 0.717) is 37.3 Å². The number of aromatic nitrogens is 2. The third-order valence-electron chi connectivity index (χ3n) is 3.12. The lowest BCUT2D eigenvalue weighted by atomic mass is 10.2. The molecule has 1 aliphatic rings. The van der Waals surface area contributed by atoms with Crippen LogP contribution in [-0.4, -0.2) is 41.4 Å². The number of nitrogens with zero attached hydrogens (tertiary/aromatic N) is 2. The molecule has 0 aromatic carbocycles. The van der Waals surface area contributed by atoms with Crippen molar-refractivity contribution in [2.24, 2.45) is 5.92 Å². The van der Waals surface area contributed by atoms with Gasteiger partial charge < -0.3 is 20.5 Å². The Balaban J connectivity index is 1.96. The summed E-state index contributed by atoms with van der Waals surface area (Å²) >= 11 is 0. The number of hydrogen-bond donors (Lipinski definition) is 3. The molecule has 1 aromatic rings. The maximum Gasteiger partial charge on any atom is 0.158 e. The van der Waals surface area contributed by atoms with Gasteiger partial charge in [0.1, 0.15) is 18.2 Å². The van der Waals surface area contributed by atoms with Gasteiger partial charge in [0.15, 0.2) is 5.82 Å². The van der Waals surface area contributed by atoms with Crippen LogP contribution in [-0.2, 0) is 11.3 Å². The average molecular weight is 266 g/mol. The second-order valence-electron chi connectivity index (χ2n) is 4.73. The highest BCUT2D eigenvalue weighted by Gasteiger charge is 2.29. The molecule has 6 heteroatoms. The van der Waals surface area contributed by atoms with Gasteiger partial charge in [0.05, 0.1) is 6.10 Å². The molecule has 19 heavy (non-hydrogen) atoms. The Labute approximate surface area is 113 Å². The van der Waals surface area contributed by atoms with Gasteiger partial charge in [-0.3, -0.25) is 0 Å². The van der Waals surface area contributed by atoms with Crippen molar-refractivity contribution < 1.29 is 9.84 Å². The highest BCUT2D eigenvalue weighted by atomic mass is 16.5. The minimum Gasteiger partial charge on any atom is -0.391 e. The van der Waals surface area contributed by atoms with Crippen LogP contribution in [0.15, 0.2) is 6.07 Å². The predicted molar refractivity (Wildman–Crippen MR) is 74.1 cm³/mol. The Bertz CT molecular complexity index is 410. The molecule has 1 unspecified atom stereocenters. The monoisotopic (exact) mass is 266 g/mol. The molecule has 0 spiro atoms. The molecule has 0 radical (unpaired) electrons. The van der Waals surface area contributed by atoms with Crippen molar-refractivity contribution in [2.75, 3.05) is 30.8 Å². The highest BCUT2D eigenvalue weighted by Crippen LogP contribution is 2.32. The van der Waals surface area contributed by atoms with Crippen molar-refractivity contribution in [3.8, 4) is 0 Å². The normalized spacial score (nSPS) is 16.2. The zero-order valence-corrected chi connectivity index (χ0v) is 11.5. The van der Waals surface area contributed by atoms with Crippen LogP contribution in [0.3, 0.4) is 0 Å². The summed E-state index contributed by atoms with van der Waals surface area (Å²) in [7, 11) is 1.82. The summed E-state index contributed by atoms with van der Waals surface area (Å²) in [4.78, 5) is 8.69. The van der Waals surface area contributed by atoms with E-state index in [-0.39, 0.29) is 6.10 Å². The van der Waals surface area contributed by atoms with Crippen LogP contribution in [0.1, 0.15) is 25.6 Å². The van der Waals surface area contributed by atoms with E-state index in [9.17, 15) is 5.11 Å². The van der Waals surface area contributed by atoms with Gasteiger partial charge in [-0.2, -0.15) is 0 Å². The molecule has 1 saturated carbocycles. The molecule has 1 aromatic heterocycles. The van der Waals surface area contributed by atoms with Crippen molar-refractivity contribution in [1.29, 1.82) is 0 Å². The minimum atomic E-state index is -0.289. The van der Waals surface area contributed by atoms with Crippen LogP contribution < -0.4 is 10.6 Å². The quantitative estimate of drug-likeness (QED) is 0.657. The van der Waals surface area contributed by atoms with Crippen molar-refractivity contribution in [3.05, 3.63) is 11.9 Å². The van der Waals surface area contributed by atoms with Crippen LogP contribution in [0, 0.1) is 5.92 Å². The van der Waals surface area contributed by atoms with Crippen LogP contribution in [0.4, 0.5) is 11.6 Å². The van der Waals surface area contributed by atoms with Gasteiger partial charge in [-0.05, 0) is 25.7 Å². The summed E-state index contributed by atoms with van der Waals surface area (Å²) < 4.78 is 5.32. The Morgan fingerprint density at radius 2 is 2.16 bits per heavy atom. The van der Waals surface area contributed by atoms with Crippen LogP contribution in [0.2, 0.25) is 0 Å². The summed E-state index contributed by atoms with van der Waals surface area (Å²) in [6.45, 7) is 3.49. The smallest absolute Gasteiger partial charge is 0.158 e. The minimum absolute atomic E-state index is 0.289. The Hall–Kier alpha value is -1.40. The molecule has 0 amide bonds. The van der Waals surface area contributed by atoms with Gasteiger partial charge >= 0.3 is 0 Å². The van der Waals surface area contributed by atoms with Gasteiger partial charge in [0, 0.05) is 26.3 Å². The summed E-state index contributed by atoms with van der Waals surface area (Å²) in [6.07, 6.45) is 1.97. The standard InChI is InChI=1S/C13H22N4O2/c1-3-19-8-13-16-11(14-2)6-12(17-13)15-7-10(18)9-4-5-9/h6,9-10,18H,3-5,7-8H2,1-2H3,(H2,14,15,16,17). The van der Waals surface area contributed by atoms with Crippen molar-refractivity contribution in [1.82, 2.24) is 9.97 Å². The van der Waals surface area contributed by atoms with Crippen LogP contribution >= 0.6 is 0 Å². The van der Waals surface area contributed by atoms with E-state index in [4.69, 9.17) is 4.74 Å². The molecule has 0 aliphatic heterocycles. The molecular formula is C13H22N4O2. The van der Waals surface area contributed by atoms with E-state index in [1.54, 1.807) is 0 Å². The van der Waals surface area contributed by atoms with E-state index in [2.05, 4.69) is 20.6 Å². The number of rotatable bonds is 8. The second kappa shape index (κ2) is 6.68. The summed E-state index contributed by atoms with van der Waals surface area (Å²) in [6, 6.07) is 1.83. The number of anilines is 2. The fraction of sp³-hybridized carbons (Fsp3) is 0.692. The van der Waals surface area contributed by atoms with Crippen molar-refractivity contribution in [2.45, 2.75) is 32.5 Å². The SMILES string of the molecule is CCOCc1nc(NC)cc(NCC(O)C2CC2)n1.